The van der Waals surface area contributed by atoms with Gasteiger partial charge in [0.15, 0.2) is 23.8 Å². The lowest BCUT2D eigenvalue weighted by Gasteiger charge is -2.23. The summed E-state index contributed by atoms with van der Waals surface area (Å²) < 4.78 is 14.8. The summed E-state index contributed by atoms with van der Waals surface area (Å²) in [5, 5.41) is 1.48. The molecule has 2 aromatic carbocycles. The monoisotopic (exact) mass is 729 g/mol. The van der Waals surface area contributed by atoms with Gasteiger partial charge in [0, 0.05) is 24.0 Å². The highest BCUT2D eigenvalue weighted by Gasteiger charge is 2.30. The molecule has 0 radical (unpaired) electrons. The van der Waals surface area contributed by atoms with Gasteiger partial charge < -0.3 is 33.5 Å². The van der Waals surface area contributed by atoms with E-state index < -0.39 is 0 Å². The van der Waals surface area contributed by atoms with Crippen molar-refractivity contribution >= 4 is 28.9 Å². The summed E-state index contributed by atoms with van der Waals surface area (Å²) in [6.45, 7) is 6.93. The van der Waals surface area contributed by atoms with E-state index >= 15 is 0 Å². The normalized spacial score (nSPS) is 12.7. The number of fused-ring (bicyclic) bond motifs is 1. The number of hydrogen-bond donors (Lipinski definition) is 0. The number of rotatable bonds is 21. The molecule has 0 N–H and O–H groups in total. The Balaban J connectivity index is 0.00000616. The average Bonchev–Trinajstić information content (AvgIpc) is 2.98. The van der Waals surface area contributed by atoms with Crippen LogP contribution in [0.15, 0.2) is 30.3 Å². The third-order valence-corrected chi connectivity index (χ3v) is 9.15. The predicted molar refractivity (Wildman–Crippen MR) is 177 cm³/mol. The van der Waals surface area contributed by atoms with Gasteiger partial charge in [0.05, 0.1) is 29.3 Å². The molecule has 1 heterocycles. The molecule has 0 bridgehead atoms. The molecule has 2 aromatic rings. The van der Waals surface area contributed by atoms with E-state index in [1.54, 1.807) is 7.11 Å². The molecule has 0 saturated carbocycles. The summed E-state index contributed by atoms with van der Waals surface area (Å²) in [6.07, 6.45) is 21.4. The minimum atomic E-state index is 0. The van der Waals surface area contributed by atoms with Crippen molar-refractivity contribution in [3.8, 4) is 11.5 Å². The maximum Gasteiger partial charge on any atom is 0.184 e. The van der Waals surface area contributed by atoms with Gasteiger partial charge in [-0.2, -0.15) is 0 Å². The Bertz CT molecular complexity index is 1070. The molecular weight excluding hydrogens is 676 g/mol. The summed E-state index contributed by atoms with van der Waals surface area (Å²) >= 11 is 13.2. The fourth-order valence-corrected chi connectivity index (χ4v) is 6.51. The first-order valence-electron chi connectivity index (χ1n) is 16.5. The lowest BCUT2D eigenvalue weighted by Crippen LogP contribution is -3.00. The minimum Gasteiger partial charge on any atom is -1.00 e. The fraction of sp³-hybridized carbons (Fsp3) is 0.639. The molecule has 0 aliphatic carbocycles. The molecule has 0 unspecified atom stereocenters. The van der Waals surface area contributed by atoms with Crippen molar-refractivity contribution in [2.24, 2.45) is 0 Å². The maximum absolute atomic E-state index is 6.62. The van der Waals surface area contributed by atoms with Crippen LogP contribution in [0.5, 0.6) is 11.5 Å². The first-order valence-corrected chi connectivity index (χ1v) is 17.2. The molecule has 1 aliphatic rings. The molecule has 6 heteroatoms. The predicted octanol–water partition coefficient (Wildman–Crippen LogP) is 8.22. The molecule has 42 heavy (non-hydrogen) atoms. The van der Waals surface area contributed by atoms with Crippen molar-refractivity contribution < 1.29 is 38.0 Å². The van der Waals surface area contributed by atoms with Crippen LogP contribution in [-0.2, 0) is 13.0 Å². The highest BCUT2D eigenvalue weighted by atomic mass is 127. The lowest BCUT2D eigenvalue weighted by molar-refractivity contribution is -0.545. The van der Waals surface area contributed by atoms with E-state index in [9.17, 15) is 0 Å². The quantitative estimate of drug-likeness (QED) is 0.0734. The second-order valence-electron chi connectivity index (χ2n) is 11.6. The number of methoxy groups -OCH3 is 1. The van der Waals surface area contributed by atoms with Crippen LogP contribution in [0.4, 0.5) is 0 Å². The molecule has 0 amide bonds. The van der Waals surface area contributed by atoms with Crippen LogP contribution in [-0.4, -0.2) is 30.5 Å². The van der Waals surface area contributed by atoms with Gasteiger partial charge in [0.2, 0.25) is 0 Å². The Morgan fingerprint density at radius 2 is 1.31 bits per heavy atom. The van der Waals surface area contributed by atoms with Gasteiger partial charge in [-0.05, 0) is 37.1 Å². The Labute approximate surface area is 283 Å². The third-order valence-electron chi connectivity index (χ3n) is 8.44. The largest absolute Gasteiger partial charge is 1.00 e. The zero-order valence-electron chi connectivity index (χ0n) is 26.4. The number of unbranched alkanes of at least 4 members (excludes halogenated alkanes) is 13. The van der Waals surface area contributed by atoms with Crippen molar-refractivity contribution in [1.82, 2.24) is 0 Å². The lowest BCUT2D eigenvalue weighted by atomic mass is 9.91. The number of ether oxygens (including phenoxy) is 2. The van der Waals surface area contributed by atoms with E-state index in [2.05, 4.69) is 30.6 Å². The van der Waals surface area contributed by atoms with Gasteiger partial charge in [-0.25, -0.2) is 4.58 Å². The first-order chi connectivity index (χ1) is 20.1. The van der Waals surface area contributed by atoms with Gasteiger partial charge in [-0.3, -0.25) is 0 Å². The van der Waals surface area contributed by atoms with Crippen LogP contribution in [0.25, 0.3) is 0 Å². The van der Waals surface area contributed by atoms with Crippen LogP contribution >= 0.6 is 23.2 Å². The van der Waals surface area contributed by atoms with Gasteiger partial charge in [-0.15, -0.1) is 0 Å². The van der Waals surface area contributed by atoms with Gasteiger partial charge >= 0.3 is 0 Å². The molecule has 1 aliphatic heterocycles. The van der Waals surface area contributed by atoms with E-state index in [1.165, 1.54) is 107 Å². The Hall–Kier alpha value is -0.980. The van der Waals surface area contributed by atoms with Gasteiger partial charge in [0.1, 0.15) is 6.54 Å². The Morgan fingerprint density at radius 3 is 1.90 bits per heavy atom. The molecule has 0 atom stereocenters. The van der Waals surface area contributed by atoms with E-state index in [0.29, 0.717) is 0 Å². The minimum absolute atomic E-state index is 0. The van der Waals surface area contributed by atoms with E-state index in [1.807, 2.05) is 18.2 Å². The molecule has 3 nitrogen and oxygen atoms in total. The first kappa shape index (κ1) is 37.2. The fourth-order valence-electron chi connectivity index (χ4n) is 6.00. The van der Waals surface area contributed by atoms with Crippen LogP contribution in [0.2, 0.25) is 10.0 Å². The van der Waals surface area contributed by atoms with Crippen LogP contribution < -0.4 is 33.5 Å². The molecule has 0 aromatic heterocycles. The maximum atomic E-state index is 6.62. The highest BCUT2D eigenvalue weighted by molar-refractivity contribution is 6.35. The molecule has 3 rings (SSSR count). The number of hydrogen-bond acceptors (Lipinski definition) is 2. The number of benzene rings is 2. The van der Waals surface area contributed by atoms with Crippen molar-refractivity contribution in [2.75, 3.05) is 20.3 Å². The average molecular weight is 731 g/mol. The van der Waals surface area contributed by atoms with E-state index in [4.69, 9.17) is 32.7 Å². The van der Waals surface area contributed by atoms with Crippen LogP contribution in [0.3, 0.4) is 0 Å². The summed E-state index contributed by atoms with van der Waals surface area (Å²) in [4.78, 5) is 0. The second kappa shape index (κ2) is 21.7. The smallest absolute Gasteiger partial charge is 0.184 e. The molecule has 0 fully saturated rings. The van der Waals surface area contributed by atoms with Gasteiger partial charge in [0.25, 0.3) is 0 Å². The summed E-state index contributed by atoms with van der Waals surface area (Å²) in [5.74, 6) is 1.79. The van der Waals surface area contributed by atoms with Gasteiger partial charge in [-0.1, -0.05) is 127 Å². The molecule has 0 saturated heterocycles. The standard InChI is InChI=1S/C36H54Cl2NO2.HI/c1-4-6-8-10-12-13-14-15-17-22-34-29-23-24-35(40-3)36(41-27-18-16-11-9-7-5-2)30(29)25-26-39(34)28-31-32(37)20-19-21-33(31)38;/h19-21,23-24H,4-18,22,25-28H2,1-3H3;1H/q+1;/p-1. The van der Waals surface area contributed by atoms with Crippen LogP contribution in [0, 0.1) is 0 Å². The Kier molecular flexibility index (Phi) is 19.2. The summed E-state index contributed by atoms with van der Waals surface area (Å²) in [6, 6.07) is 10.2. The third kappa shape index (κ3) is 11.8. The molecule has 236 valence electrons. The van der Waals surface area contributed by atoms with Crippen molar-refractivity contribution in [3.05, 3.63) is 57.1 Å². The van der Waals surface area contributed by atoms with Crippen molar-refractivity contribution in [3.63, 3.8) is 0 Å². The number of halogens is 3. The molecular formula is C36H54Cl2INO2. The van der Waals surface area contributed by atoms with Crippen molar-refractivity contribution in [1.29, 1.82) is 0 Å². The number of nitrogens with zero attached hydrogens (tertiary/aromatic N) is 1. The second-order valence-corrected chi connectivity index (χ2v) is 12.5. The molecule has 0 spiro atoms. The topological polar surface area (TPSA) is 21.5 Å². The van der Waals surface area contributed by atoms with Crippen LogP contribution in [0.1, 0.15) is 133 Å². The van der Waals surface area contributed by atoms with E-state index in [-0.39, 0.29) is 24.0 Å². The zero-order chi connectivity index (χ0) is 29.3. The van der Waals surface area contributed by atoms with Crippen molar-refractivity contribution in [2.45, 2.75) is 130 Å². The summed E-state index contributed by atoms with van der Waals surface area (Å²) in [7, 11) is 1.75. The van der Waals surface area contributed by atoms with E-state index in [0.717, 1.165) is 66.1 Å². The summed E-state index contributed by atoms with van der Waals surface area (Å²) in [5.41, 5.74) is 5.00. The Morgan fingerprint density at radius 1 is 0.738 bits per heavy atom. The highest BCUT2D eigenvalue weighted by Crippen LogP contribution is 2.37. The SMILES string of the molecule is CCCCCCCCCCCC1=[N+](Cc2c(Cl)cccc2Cl)CCc2c1ccc(OC)c2OCCCCCCCC.[I-]. The zero-order valence-corrected chi connectivity index (χ0v) is 30.1.